The molecule has 1 amide bonds. The van der Waals surface area contributed by atoms with Crippen LogP contribution in [0.3, 0.4) is 0 Å². The maximum atomic E-state index is 11.9. The van der Waals surface area contributed by atoms with Crippen molar-refractivity contribution in [1.82, 2.24) is 4.90 Å². The van der Waals surface area contributed by atoms with Crippen molar-refractivity contribution in [2.45, 2.75) is 24.8 Å². The van der Waals surface area contributed by atoms with Crippen LogP contribution in [0.2, 0.25) is 0 Å². The normalized spacial score (nSPS) is 12.3. The van der Waals surface area contributed by atoms with Gasteiger partial charge in [0.2, 0.25) is 5.91 Å². The predicted octanol–water partition coefficient (Wildman–Crippen LogP) is 2.66. The van der Waals surface area contributed by atoms with Crippen molar-refractivity contribution < 1.29 is 4.79 Å². The maximum Gasteiger partial charge on any atom is 0.232 e. The van der Waals surface area contributed by atoms with Gasteiger partial charge in [-0.25, -0.2) is 0 Å². The van der Waals surface area contributed by atoms with Gasteiger partial charge in [0.15, 0.2) is 0 Å². The smallest absolute Gasteiger partial charge is 0.232 e. The van der Waals surface area contributed by atoms with Gasteiger partial charge in [-0.2, -0.15) is 0 Å². The van der Waals surface area contributed by atoms with E-state index in [4.69, 9.17) is 5.73 Å². The topological polar surface area (TPSA) is 46.3 Å². The van der Waals surface area contributed by atoms with Gasteiger partial charge in [-0.05, 0) is 37.6 Å². The van der Waals surface area contributed by atoms with Crippen LogP contribution in [0.1, 0.15) is 12.5 Å². The molecule has 1 aromatic carbocycles. The van der Waals surface area contributed by atoms with Crippen molar-refractivity contribution in [1.29, 1.82) is 0 Å². The molecule has 3 nitrogen and oxygen atoms in total. The lowest BCUT2D eigenvalue weighted by Gasteiger charge is -2.23. The number of hydrogen-bond acceptors (Lipinski definition) is 3. The molecule has 1 aromatic rings. The van der Waals surface area contributed by atoms with Crippen molar-refractivity contribution in [3.8, 4) is 0 Å². The second kappa shape index (κ2) is 7.16. The number of likely N-dealkylation sites (N-methyl/N-ethyl adjacent to an activating group) is 1. The molecule has 0 radical (unpaired) electrons. The lowest BCUT2D eigenvalue weighted by Crippen LogP contribution is -2.40. The molecule has 0 aromatic heterocycles. The molecule has 0 saturated carbocycles. The molecule has 0 aliphatic rings. The van der Waals surface area contributed by atoms with Crippen LogP contribution >= 0.6 is 27.7 Å². The molecular formula is C13H19BrN2OS. The average Bonchev–Trinajstić information content (AvgIpc) is 2.35. The Hall–Kier alpha value is -0.520. The third-order valence-corrected chi connectivity index (χ3v) is 4.54. The van der Waals surface area contributed by atoms with E-state index in [1.807, 2.05) is 26.0 Å². The second-order valence-electron chi connectivity index (χ2n) is 4.29. The number of halogens is 1. The van der Waals surface area contributed by atoms with E-state index in [1.54, 1.807) is 23.7 Å². The van der Waals surface area contributed by atoms with Gasteiger partial charge in [0, 0.05) is 29.0 Å². The van der Waals surface area contributed by atoms with Gasteiger partial charge in [-0.1, -0.05) is 15.9 Å². The summed E-state index contributed by atoms with van der Waals surface area (Å²) in [7, 11) is 1.80. The summed E-state index contributed by atoms with van der Waals surface area (Å²) in [5, 5.41) is 0. The van der Waals surface area contributed by atoms with Crippen LogP contribution < -0.4 is 5.73 Å². The summed E-state index contributed by atoms with van der Waals surface area (Å²) >= 11 is 5.00. The van der Waals surface area contributed by atoms with Crippen LogP contribution in [0.15, 0.2) is 27.6 Å². The fourth-order valence-corrected chi connectivity index (χ4v) is 2.83. The van der Waals surface area contributed by atoms with E-state index in [0.29, 0.717) is 12.3 Å². The number of benzene rings is 1. The number of aryl methyl sites for hydroxylation is 1. The fourth-order valence-electron chi connectivity index (χ4n) is 1.42. The lowest BCUT2D eigenvalue weighted by molar-refractivity contribution is -0.128. The molecular weight excluding hydrogens is 312 g/mol. The first-order chi connectivity index (χ1) is 8.45. The summed E-state index contributed by atoms with van der Waals surface area (Å²) < 4.78 is 1.06. The van der Waals surface area contributed by atoms with Gasteiger partial charge in [-0.15, -0.1) is 11.8 Å². The van der Waals surface area contributed by atoms with E-state index < -0.39 is 0 Å². The summed E-state index contributed by atoms with van der Waals surface area (Å²) in [5.41, 5.74) is 6.73. The van der Waals surface area contributed by atoms with Gasteiger partial charge in [0.05, 0.1) is 5.75 Å². The monoisotopic (exact) mass is 330 g/mol. The summed E-state index contributed by atoms with van der Waals surface area (Å²) in [4.78, 5) is 14.8. The van der Waals surface area contributed by atoms with E-state index in [0.717, 1.165) is 9.37 Å². The number of thioether (sulfide) groups is 1. The molecule has 1 unspecified atom stereocenters. The maximum absolute atomic E-state index is 11.9. The summed E-state index contributed by atoms with van der Waals surface area (Å²) in [6.45, 7) is 4.49. The fraction of sp³-hybridized carbons (Fsp3) is 0.462. The minimum Gasteiger partial charge on any atom is -0.341 e. The molecule has 0 fully saturated rings. The molecule has 0 spiro atoms. The molecule has 0 saturated heterocycles. The minimum atomic E-state index is 0.0871. The Kier molecular flexibility index (Phi) is 6.18. The van der Waals surface area contributed by atoms with Gasteiger partial charge in [0.1, 0.15) is 0 Å². The first-order valence-electron chi connectivity index (χ1n) is 5.80. The van der Waals surface area contributed by atoms with Gasteiger partial charge >= 0.3 is 0 Å². The van der Waals surface area contributed by atoms with Crippen LogP contribution in [0, 0.1) is 6.92 Å². The Morgan fingerprint density at radius 1 is 1.56 bits per heavy atom. The zero-order chi connectivity index (χ0) is 13.7. The Balaban J connectivity index is 2.57. The van der Waals surface area contributed by atoms with Crippen molar-refractivity contribution in [2.75, 3.05) is 19.3 Å². The van der Waals surface area contributed by atoms with Crippen LogP contribution in [0.25, 0.3) is 0 Å². The Morgan fingerprint density at radius 3 is 2.78 bits per heavy atom. The van der Waals surface area contributed by atoms with Crippen molar-refractivity contribution in [2.24, 2.45) is 5.73 Å². The zero-order valence-electron chi connectivity index (χ0n) is 10.9. The number of rotatable bonds is 5. The van der Waals surface area contributed by atoms with Crippen molar-refractivity contribution in [3.05, 3.63) is 28.2 Å². The predicted molar refractivity (Wildman–Crippen MR) is 80.9 cm³/mol. The molecule has 5 heteroatoms. The molecule has 2 N–H and O–H groups in total. The molecule has 18 heavy (non-hydrogen) atoms. The van der Waals surface area contributed by atoms with E-state index >= 15 is 0 Å². The van der Waals surface area contributed by atoms with E-state index in [-0.39, 0.29) is 11.9 Å². The standard InChI is InChI=1S/C13H19BrN2OS/c1-9-6-11(14)4-5-12(9)18-8-13(17)16(3)10(2)7-15/h4-6,10H,7-8,15H2,1-3H3. The highest BCUT2D eigenvalue weighted by molar-refractivity contribution is 9.10. The molecule has 0 aliphatic heterocycles. The molecule has 0 heterocycles. The lowest BCUT2D eigenvalue weighted by atomic mass is 10.2. The third kappa shape index (κ3) is 4.30. The molecule has 0 bridgehead atoms. The minimum absolute atomic E-state index is 0.0871. The zero-order valence-corrected chi connectivity index (χ0v) is 13.3. The van der Waals surface area contributed by atoms with E-state index in [9.17, 15) is 4.79 Å². The Labute approximate surface area is 121 Å². The van der Waals surface area contributed by atoms with Crippen LogP contribution in [0.4, 0.5) is 0 Å². The summed E-state index contributed by atoms with van der Waals surface area (Å²) in [6, 6.07) is 6.17. The number of carbonyl (C=O) groups is 1. The van der Waals surface area contributed by atoms with Crippen LogP contribution in [-0.4, -0.2) is 36.2 Å². The van der Waals surface area contributed by atoms with E-state index in [2.05, 4.69) is 22.0 Å². The number of hydrogen-bond donors (Lipinski definition) is 1. The highest BCUT2D eigenvalue weighted by atomic mass is 79.9. The summed E-state index contributed by atoms with van der Waals surface area (Å²) in [6.07, 6.45) is 0. The highest BCUT2D eigenvalue weighted by Gasteiger charge is 2.14. The largest absolute Gasteiger partial charge is 0.341 e. The summed E-state index contributed by atoms with van der Waals surface area (Å²) in [5.74, 6) is 0.559. The van der Waals surface area contributed by atoms with Gasteiger partial charge in [0.25, 0.3) is 0 Å². The van der Waals surface area contributed by atoms with E-state index in [1.165, 1.54) is 5.56 Å². The molecule has 100 valence electrons. The Morgan fingerprint density at radius 2 is 2.22 bits per heavy atom. The molecule has 0 aliphatic carbocycles. The number of amides is 1. The SMILES string of the molecule is Cc1cc(Br)ccc1SCC(=O)N(C)C(C)CN. The van der Waals surface area contributed by atoms with Gasteiger partial charge < -0.3 is 10.6 Å². The van der Waals surface area contributed by atoms with Crippen molar-refractivity contribution >= 4 is 33.6 Å². The third-order valence-electron chi connectivity index (χ3n) is 2.88. The molecule has 1 rings (SSSR count). The number of carbonyl (C=O) groups excluding carboxylic acids is 1. The first kappa shape index (κ1) is 15.5. The average molecular weight is 331 g/mol. The second-order valence-corrected chi connectivity index (χ2v) is 6.22. The van der Waals surface area contributed by atoms with Crippen LogP contribution in [0.5, 0.6) is 0 Å². The van der Waals surface area contributed by atoms with Gasteiger partial charge in [-0.3, -0.25) is 4.79 Å². The quantitative estimate of drug-likeness (QED) is 0.844. The number of nitrogens with two attached hydrogens (primary N) is 1. The van der Waals surface area contributed by atoms with Crippen LogP contribution in [-0.2, 0) is 4.79 Å². The molecule has 1 atom stereocenters. The number of nitrogens with zero attached hydrogens (tertiary/aromatic N) is 1. The Bertz CT molecular complexity index is 425. The van der Waals surface area contributed by atoms with Crippen molar-refractivity contribution in [3.63, 3.8) is 0 Å². The first-order valence-corrected chi connectivity index (χ1v) is 7.58. The highest BCUT2D eigenvalue weighted by Crippen LogP contribution is 2.25.